The maximum Gasteiger partial charge on any atom is 0.424 e. The summed E-state index contributed by atoms with van der Waals surface area (Å²) in [7, 11) is 0. The number of allylic oxidation sites excluding steroid dienone is 1. The van der Waals surface area contributed by atoms with Gasteiger partial charge in [-0.1, -0.05) is 0 Å². The second-order valence-electron chi connectivity index (χ2n) is 9.42. The van der Waals surface area contributed by atoms with Crippen LogP contribution in [-0.2, 0) is 14.3 Å². The van der Waals surface area contributed by atoms with E-state index in [4.69, 9.17) is 4.74 Å². The number of alkyl halides is 3. The molecule has 0 unspecified atom stereocenters. The van der Waals surface area contributed by atoms with Gasteiger partial charge in [0, 0.05) is 37.8 Å². The van der Waals surface area contributed by atoms with Crippen molar-refractivity contribution in [1.82, 2.24) is 9.80 Å². The Balaban J connectivity index is 1.49. The highest BCUT2D eigenvalue weighted by Gasteiger charge is 2.50. The summed E-state index contributed by atoms with van der Waals surface area (Å²) in [6.45, 7) is 6.85. The van der Waals surface area contributed by atoms with Gasteiger partial charge in [0.1, 0.15) is 17.1 Å². The van der Waals surface area contributed by atoms with Gasteiger partial charge in [0.05, 0.1) is 6.54 Å². The zero-order chi connectivity index (χ0) is 25.5. The minimum absolute atomic E-state index is 0.0911. The highest BCUT2D eigenvalue weighted by Crippen LogP contribution is 2.34. The van der Waals surface area contributed by atoms with Gasteiger partial charge in [0.25, 0.3) is 5.70 Å². The van der Waals surface area contributed by atoms with E-state index < -0.39 is 29.1 Å². The first-order chi connectivity index (χ1) is 16.3. The number of esters is 1. The van der Waals surface area contributed by atoms with Crippen LogP contribution in [0.5, 0.6) is 0 Å². The van der Waals surface area contributed by atoms with E-state index in [0.29, 0.717) is 31.7 Å². The van der Waals surface area contributed by atoms with Gasteiger partial charge in [-0.2, -0.15) is 17.7 Å². The first kappa shape index (κ1) is 24.8. The third kappa shape index (κ3) is 5.50. The molecule has 0 saturated carbocycles. The van der Waals surface area contributed by atoms with Crippen LogP contribution >= 0.6 is 0 Å². The highest BCUT2D eigenvalue weighted by atomic mass is 19.4. The van der Waals surface area contributed by atoms with E-state index in [2.05, 4.69) is 4.99 Å². The molecular formula is C24H25F4N4O3+. The molecule has 11 heteroatoms. The van der Waals surface area contributed by atoms with Crippen LogP contribution in [0, 0.1) is 5.82 Å². The van der Waals surface area contributed by atoms with Crippen molar-refractivity contribution in [2.24, 2.45) is 4.99 Å². The molecule has 0 aromatic heterocycles. The van der Waals surface area contributed by atoms with E-state index >= 15 is 0 Å². The average molecular weight is 493 g/mol. The lowest BCUT2D eigenvalue weighted by Crippen LogP contribution is -2.50. The van der Waals surface area contributed by atoms with E-state index in [1.807, 2.05) is 4.90 Å². The molecule has 4 rings (SSSR count). The number of hydrogen-bond acceptors (Lipinski definition) is 5. The number of hydrogen-bond donors (Lipinski definition) is 0. The smallest absolute Gasteiger partial charge is 0.424 e. The summed E-state index contributed by atoms with van der Waals surface area (Å²) in [6.07, 6.45) is -2.46. The van der Waals surface area contributed by atoms with E-state index in [1.165, 1.54) is 27.8 Å². The number of fused-ring (bicyclic) bond motifs is 1. The minimum Gasteiger partial charge on any atom is -0.459 e. The highest BCUT2D eigenvalue weighted by molar-refractivity contribution is 6.19. The molecule has 186 valence electrons. The van der Waals surface area contributed by atoms with E-state index in [1.54, 1.807) is 20.8 Å². The van der Waals surface area contributed by atoms with Crippen LogP contribution in [0.1, 0.15) is 26.3 Å². The number of piperazine rings is 1. The van der Waals surface area contributed by atoms with Crippen molar-refractivity contribution in [1.29, 1.82) is 0 Å². The number of benzene rings is 1. The summed E-state index contributed by atoms with van der Waals surface area (Å²) in [5.41, 5.74) is -1.17. The molecule has 1 saturated heterocycles. The van der Waals surface area contributed by atoms with Gasteiger partial charge in [-0.25, -0.2) is 4.39 Å². The number of amidine groups is 1. The molecule has 0 atom stereocenters. The Kier molecular flexibility index (Phi) is 6.39. The third-order valence-electron chi connectivity index (χ3n) is 5.58. The van der Waals surface area contributed by atoms with E-state index in [-0.39, 0.29) is 29.8 Å². The van der Waals surface area contributed by atoms with Crippen LogP contribution < -0.4 is 0 Å². The topological polar surface area (TPSA) is 65.2 Å². The lowest BCUT2D eigenvalue weighted by Gasteiger charge is -2.33. The number of halogens is 4. The van der Waals surface area contributed by atoms with Crippen LogP contribution in [0.2, 0.25) is 0 Å². The predicted molar refractivity (Wildman–Crippen MR) is 119 cm³/mol. The lowest BCUT2D eigenvalue weighted by molar-refractivity contribution is -0.317. The van der Waals surface area contributed by atoms with Gasteiger partial charge in [-0.15, -0.1) is 0 Å². The maximum absolute atomic E-state index is 13.7. The fourth-order valence-corrected chi connectivity index (χ4v) is 4.01. The first-order valence-electron chi connectivity index (χ1n) is 11.1. The summed E-state index contributed by atoms with van der Waals surface area (Å²) >= 11 is 0. The van der Waals surface area contributed by atoms with E-state index in [0.717, 1.165) is 18.2 Å². The molecule has 1 aromatic carbocycles. The molecule has 35 heavy (non-hydrogen) atoms. The van der Waals surface area contributed by atoms with Crippen molar-refractivity contribution in [2.45, 2.75) is 32.5 Å². The Hall–Kier alpha value is -3.34. The first-order valence-corrected chi connectivity index (χ1v) is 11.1. The molecule has 3 aliphatic rings. The monoisotopic (exact) mass is 493 g/mol. The van der Waals surface area contributed by atoms with Crippen LogP contribution in [0.25, 0.3) is 0 Å². The lowest BCUT2D eigenvalue weighted by atomic mass is 10.1. The van der Waals surface area contributed by atoms with Gasteiger partial charge >= 0.3 is 23.9 Å². The largest absolute Gasteiger partial charge is 0.459 e. The van der Waals surface area contributed by atoms with Crippen molar-refractivity contribution in [3.8, 4) is 0 Å². The number of carbonyl (C=O) groups excluding carboxylic acids is 2. The Bertz CT molecular complexity index is 1170. The molecule has 1 aromatic rings. The Morgan fingerprint density at radius 2 is 1.69 bits per heavy atom. The van der Waals surface area contributed by atoms with Gasteiger partial charge in [-0.05, 0) is 50.0 Å². The Morgan fingerprint density at radius 1 is 1.06 bits per heavy atom. The number of rotatable bonds is 4. The molecule has 1 amide bonds. The standard InChI is InChI=1S/C24H25F4N4O3/c1-23(2,3)35-20(33)14-30-8-10-31(11-9-30)22(34)18-13-32-19(15-4-6-16(25)7-5-15)12-17(21(32)29-18)24(26,27)28/h4-7,12-13H,8-11,14H2,1-3H3/q+1. The number of amides is 1. The average Bonchev–Trinajstić information content (AvgIpc) is 3.32. The SMILES string of the molecule is CC(C)(C)OC(=O)CN1CCN(C(=O)C2=C[N+]3=C(c4ccc(F)cc4)C=C(C(F)(F)F)C3=N2)CC1. The van der Waals surface area contributed by atoms with Gasteiger partial charge in [-0.3, -0.25) is 14.5 Å². The number of aliphatic imine (C=N–C) groups is 1. The summed E-state index contributed by atoms with van der Waals surface area (Å²) in [5, 5.41) is 0. The van der Waals surface area contributed by atoms with Crippen molar-refractivity contribution < 1.29 is 36.5 Å². The van der Waals surface area contributed by atoms with Crippen LogP contribution in [0.4, 0.5) is 17.6 Å². The van der Waals surface area contributed by atoms with Crippen molar-refractivity contribution >= 4 is 23.4 Å². The molecule has 0 spiro atoms. The molecule has 0 N–H and O–H groups in total. The van der Waals surface area contributed by atoms with Crippen molar-refractivity contribution in [2.75, 3.05) is 32.7 Å². The van der Waals surface area contributed by atoms with Gasteiger partial charge in [0.15, 0.2) is 11.8 Å². The fourth-order valence-electron chi connectivity index (χ4n) is 4.01. The number of carbonyl (C=O) groups is 2. The molecular weight excluding hydrogens is 468 g/mol. The molecule has 7 nitrogen and oxygen atoms in total. The van der Waals surface area contributed by atoms with E-state index in [9.17, 15) is 27.2 Å². The zero-order valence-electron chi connectivity index (χ0n) is 19.5. The quantitative estimate of drug-likeness (QED) is 0.368. The van der Waals surface area contributed by atoms with Gasteiger partial charge in [0.2, 0.25) is 0 Å². The molecule has 3 heterocycles. The van der Waals surface area contributed by atoms with Crippen molar-refractivity contribution in [3.05, 3.63) is 59.2 Å². The molecule has 0 aliphatic carbocycles. The third-order valence-corrected chi connectivity index (χ3v) is 5.58. The van der Waals surface area contributed by atoms with Gasteiger partial charge < -0.3 is 9.64 Å². The minimum atomic E-state index is -4.68. The maximum atomic E-state index is 13.7. The van der Waals surface area contributed by atoms with Crippen LogP contribution in [0.3, 0.4) is 0 Å². The molecule has 0 radical (unpaired) electrons. The number of ether oxygens (including phenoxy) is 1. The van der Waals surface area contributed by atoms with Crippen molar-refractivity contribution in [3.63, 3.8) is 0 Å². The summed E-state index contributed by atoms with van der Waals surface area (Å²) in [5.74, 6) is -1.76. The Labute approximate surface area is 199 Å². The fraction of sp³-hybridized carbons (Fsp3) is 0.417. The normalized spacial score (nSPS) is 18.8. The molecule has 3 aliphatic heterocycles. The predicted octanol–water partition coefficient (Wildman–Crippen LogP) is 2.87. The van der Waals surface area contributed by atoms with Crippen LogP contribution in [-0.4, -0.2) is 82.3 Å². The summed E-state index contributed by atoms with van der Waals surface area (Å²) in [6, 6.07) is 5.05. The second-order valence-corrected chi connectivity index (χ2v) is 9.42. The zero-order valence-corrected chi connectivity index (χ0v) is 19.5. The Morgan fingerprint density at radius 3 is 2.26 bits per heavy atom. The van der Waals surface area contributed by atoms with Crippen LogP contribution in [0.15, 0.2) is 52.8 Å². The summed E-state index contributed by atoms with van der Waals surface area (Å²) in [4.78, 5) is 32.5. The summed E-state index contributed by atoms with van der Waals surface area (Å²) < 4.78 is 60.9. The number of nitrogens with zero attached hydrogens (tertiary/aromatic N) is 4. The second kappa shape index (κ2) is 9.03. The molecule has 0 bridgehead atoms. The molecule has 1 fully saturated rings.